The van der Waals surface area contributed by atoms with E-state index in [9.17, 15) is 4.79 Å². The third-order valence-corrected chi connectivity index (χ3v) is 6.76. The number of amides is 1. The summed E-state index contributed by atoms with van der Waals surface area (Å²) < 4.78 is 8.73. The summed E-state index contributed by atoms with van der Waals surface area (Å²) in [6.45, 7) is 3.42. The molecule has 1 amide bonds. The zero-order valence-electron chi connectivity index (χ0n) is 17.7. The lowest BCUT2D eigenvalue weighted by molar-refractivity contribution is 0.102. The summed E-state index contributed by atoms with van der Waals surface area (Å²) in [5.74, 6) is 1.39. The lowest BCUT2D eigenvalue weighted by Gasteiger charge is -2.09. The van der Waals surface area contributed by atoms with Crippen molar-refractivity contribution in [3.8, 4) is 17.1 Å². The summed E-state index contributed by atoms with van der Waals surface area (Å²) in [5, 5.41) is 4.21. The van der Waals surface area contributed by atoms with Crippen LogP contribution in [0.3, 0.4) is 0 Å². The number of rotatable bonds is 5. The molecule has 0 unspecified atom stereocenters. The van der Waals surface area contributed by atoms with Crippen LogP contribution in [0.5, 0.6) is 5.75 Å². The monoisotopic (exact) mass is 466 g/mol. The zero-order valence-corrected chi connectivity index (χ0v) is 19.3. The van der Waals surface area contributed by atoms with Crippen LogP contribution >= 0.6 is 22.9 Å². The molecule has 1 N–H and O–H groups in total. The lowest BCUT2D eigenvalue weighted by atomic mass is 10.1. The minimum atomic E-state index is -0.222. The Hall–Kier alpha value is -2.90. The van der Waals surface area contributed by atoms with Crippen LogP contribution in [0.2, 0.25) is 5.02 Å². The number of imidazole rings is 1. The molecule has 8 heteroatoms. The van der Waals surface area contributed by atoms with Gasteiger partial charge in [-0.1, -0.05) is 29.4 Å². The maximum absolute atomic E-state index is 13.3. The molecule has 0 spiro atoms. The first-order valence-electron chi connectivity index (χ1n) is 10.8. The lowest BCUT2D eigenvalue weighted by Crippen LogP contribution is -2.15. The van der Waals surface area contributed by atoms with Crippen LogP contribution in [0.1, 0.15) is 42.4 Å². The van der Waals surface area contributed by atoms with Gasteiger partial charge < -0.3 is 9.30 Å². The Bertz CT molecular complexity index is 1280. The average molecular weight is 467 g/mol. The SMILES string of the molecule is CCOc1ccc2nc(NC(=O)c3nc(-c4ccc(Cl)cc4)n4c3CCCCC4)sc2c1. The minimum absolute atomic E-state index is 0.222. The number of anilines is 1. The largest absolute Gasteiger partial charge is 0.494 e. The van der Waals surface area contributed by atoms with Crippen LogP contribution in [0.15, 0.2) is 42.5 Å². The fourth-order valence-corrected chi connectivity index (χ4v) is 5.11. The highest BCUT2D eigenvalue weighted by Gasteiger charge is 2.25. The van der Waals surface area contributed by atoms with Gasteiger partial charge >= 0.3 is 0 Å². The first-order valence-corrected chi connectivity index (χ1v) is 12.0. The number of carbonyl (C=O) groups is 1. The molecule has 0 saturated carbocycles. The Morgan fingerprint density at radius 2 is 2.00 bits per heavy atom. The summed E-state index contributed by atoms with van der Waals surface area (Å²) in [4.78, 5) is 22.6. The van der Waals surface area contributed by atoms with Gasteiger partial charge in [0.05, 0.1) is 22.5 Å². The molecule has 0 aliphatic carbocycles. The van der Waals surface area contributed by atoms with E-state index in [0.717, 1.165) is 65.3 Å². The van der Waals surface area contributed by atoms with E-state index in [4.69, 9.17) is 21.3 Å². The van der Waals surface area contributed by atoms with E-state index in [1.165, 1.54) is 11.3 Å². The molecule has 164 valence electrons. The highest BCUT2D eigenvalue weighted by Crippen LogP contribution is 2.31. The molecule has 4 aromatic rings. The number of hydrogen-bond acceptors (Lipinski definition) is 5. The second kappa shape index (κ2) is 8.92. The van der Waals surface area contributed by atoms with E-state index in [1.807, 2.05) is 49.4 Å². The van der Waals surface area contributed by atoms with Crippen molar-refractivity contribution in [2.75, 3.05) is 11.9 Å². The van der Waals surface area contributed by atoms with E-state index >= 15 is 0 Å². The van der Waals surface area contributed by atoms with Crippen LogP contribution in [0, 0.1) is 0 Å². The molecule has 0 radical (unpaired) electrons. The number of thiazole rings is 1. The van der Waals surface area contributed by atoms with Crippen molar-refractivity contribution >= 4 is 44.2 Å². The third kappa shape index (κ3) is 4.10. The van der Waals surface area contributed by atoms with Crippen LogP contribution in [-0.4, -0.2) is 27.0 Å². The van der Waals surface area contributed by atoms with Gasteiger partial charge in [-0.25, -0.2) is 9.97 Å². The molecule has 2 aromatic heterocycles. The van der Waals surface area contributed by atoms with Crippen molar-refractivity contribution in [1.29, 1.82) is 0 Å². The molecule has 6 nitrogen and oxygen atoms in total. The number of aromatic nitrogens is 3. The number of nitrogens with zero attached hydrogens (tertiary/aromatic N) is 3. The van der Waals surface area contributed by atoms with Gasteiger partial charge in [-0.05, 0) is 68.7 Å². The highest BCUT2D eigenvalue weighted by molar-refractivity contribution is 7.22. The van der Waals surface area contributed by atoms with Gasteiger partial charge in [-0.2, -0.15) is 0 Å². The number of hydrogen-bond donors (Lipinski definition) is 1. The molecule has 1 aliphatic heterocycles. The first kappa shape index (κ1) is 21.0. The summed E-state index contributed by atoms with van der Waals surface area (Å²) >= 11 is 7.50. The second-order valence-corrected chi connectivity index (χ2v) is 9.20. The standard InChI is InChI=1S/C24H23ClN4O2S/c1-2-31-17-11-12-18-20(14-17)32-24(26-18)28-23(30)21-19-6-4-3-5-13-29(19)22(27-21)15-7-9-16(25)10-8-15/h7-12,14H,2-6,13H2,1H3,(H,26,28,30). The summed E-state index contributed by atoms with van der Waals surface area (Å²) in [6.07, 6.45) is 4.10. The Labute approximate surface area is 195 Å². The van der Waals surface area contributed by atoms with E-state index in [2.05, 4.69) is 14.9 Å². The summed E-state index contributed by atoms with van der Waals surface area (Å²) in [5.41, 5.74) is 3.26. The Kier molecular flexibility index (Phi) is 5.85. The van der Waals surface area contributed by atoms with Crippen molar-refractivity contribution in [2.45, 2.75) is 39.2 Å². The summed E-state index contributed by atoms with van der Waals surface area (Å²) in [7, 11) is 0. The van der Waals surface area contributed by atoms with Crippen molar-refractivity contribution in [3.63, 3.8) is 0 Å². The maximum atomic E-state index is 13.3. The Balaban J connectivity index is 1.48. The van der Waals surface area contributed by atoms with E-state index in [0.29, 0.717) is 22.5 Å². The minimum Gasteiger partial charge on any atom is -0.494 e. The molecule has 0 fully saturated rings. The van der Waals surface area contributed by atoms with Crippen LogP contribution in [0.25, 0.3) is 21.6 Å². The van der Waals surface area contributed by atoms with Gasteiger partial charge in [0.15, 0.2) is 5.13 Å². The maximum Gasteiger partial charge on any atom is 0.277 e. The van der Waals surface area contributed by atoms with E-state index in [1.54, 1.807) is 0 Å². The topological polar surface area (TPSA) is 69.0 Å². The fourth-order valence-electron chi connectivity index (χ4n) is 4.09. The predicted octanol–water partition coefficient (Wildman–Crippen LogP) is 6.19. The smallest absolute Gasteiger partial charge is 0.277 e. The zero-order chi connectivity index (χ0) is 22.1. The number of carbonyl (C=O) groups excluding carboxylic acids is 1. The van der Waals surface area contributed by atoms with Crippen molar-refractivity contribution in [2.24, 2.45) is 0 Å². The third-order valence-electron chi connectivity index (χ3n) is 5.58. The predicted molar refractivity (Wildman–Crippen MR) is 129 cm³/mol. The molecule has 0 bridgehead atoms. The van der Waals surface area contributed by atoms with Crippen LogP contribution < -0.4 is 10.1 Å². The molecule has 0 saturated heterocycles. The second-order valence-electron chi connectivity index (χ2n) is 7.74. The van der Waals surface area contributed by atoms with E-state index in [-0.39, 0.29) is 5.91 Å². The number of ether oxygens (including phenoxy) is 1. The van der Waals surface area contributed by atoms with Gasteiger partial charge in [0, 0.05) is 17.1 Å². The van der Waals surface area contributed by atoms with Gasteiger partial charge in [0.1, 0.15) is 17.3 Å². The molecule has 3 heterocycles. The van der Waals surface area contributed by atoms with Gasteiger partial charge in [-0.15, -0.1) is 0 Å². The Morgan fingerprint density at radius 3 is 2.81 bits per heavy atom. The van der Waals surface area contributed by atoms with E-state index < -0.39 is 0 Å². The van der Waals surface area contributed by atoms with Gasteiger partial charge in [0.2, 0.25) is 0 Å². The molecular weight excluding hydrogens is 444 g/mol. The average Bonchev–Trinajstić information content (AvgIpc) is 3.26. The van der Waals surface area contributed by atoms with Crippen LogP contribution in [-0.2, 0) is 13.0 Å². The Morgan fingerprint density at radius 1 is 1.16 bits per heavy atom. The molecule has 2 aromatic carbocycles. The quantitative estimate of drug-likeness (QED) is 0.380. The molecule has 32 heavy (non-hydrogen) atoms. The number of benzene rings is 2. The normalized spacial score (nSPS) is 13.6. The molecule has 5 rings (SSSR count). The van der Waals surface area contributed by atoms with Crippen molar-refractivity contribution < 1.29 is 9.53 Å². The van der Waals surface area contributed by atoms with Crippen molar-refractivity contribution in [3.05, 3.63) is 58.9 Å². The number of fused-ring (bicyclic) bond motifs is 2. The van der Waals surface area contributed by atoms with Gasteiger partial charge in [-0.3, -0.25) is 10.1 Å². The molecule has 1 aliphatic rings. The number of halogens is 1. The summed E-state index contributed by atoms with van der Waals surface area (Å²) in [6, 6.07) is 13.4. The van der Waals surface area contributed by atoms with Crippen LogP contribution in [0.4, 0.5) is 5.13 Å². The molecular formula is C24H23ClN4O2S. The molecule has 0 atom stereocenters. The number of nitrogens with one attached hydrogen (secondary N) is 1. The highest BCUT2D eigenvalue weighted by atomic mass is 35.5. The van der Waals surface area contributed by atoms with Crippen molar-refractivity contribution in [1.82, 2.24) is 14.5 Å². The van der Waals surface area contributed by atoms with Gasteiger partial charge in [0.25, 0.3) is 5.91 Å². The first-order chi connectivity index (χ1) is 15.6. The fraction of sp³-hybridized carbons (Fsp3) is 0.292.